The number of nitrogens with one attached hydrogen (secondary N) is 10. The Kier molecular flexibility index (Phi) is 34.8. The summed E-state index contributed by atoms with van der Waals surface area (Å²) < 4.78 is 5.67. The molecule has 10 heterocycles. The lowest BCUT2D eigenvalue weighted by molar-refractivity contribution is -0.120. The molecule has 22 nitrogen and oxygen atoms in total. The summed E-state index contributed by atoms with van der Waals surface area (Å²) in [5, 5.41) is 27.0. The van der Waals surface area contributed by atoms with E-state index in [1.165, 1.54) is 75.3 Å². The van der Waals surface area contributed by atoms with Gasteiger partial charge in [0, 0.05) is 161 Å². The van der Waals surface area contributed by atoms with Crippen LogP contribution >= 0.6 is 117 Å². The lowest BCUT2D eigenvalue weighted by atomic mass is 9.97. The van der Waals surface area contributed by atoms with Gasteiger partial charge in [-0.15, -0.1) is 47.0 Å². The van der Waals surface area contributed by atoms with Crippen molar-refractivity contribution in [2.24, 2.45) is 0 Å². The van der Waals surface area contributed by atoms with Crippen LogP contribution < -0.4 is 59.1 Å². The Bertz CT molecular complexity index is 6500. The van der Waals surface area contributed by atoms with Crippen LogP contribution in [0.25, 0.3) is 27.9 Å². The van der Waals surface area contributed by atoms with Crippen LogP contribution in [0.1, 0.15) is 183 Å². The van der Waals surface area contributed by atoms with E-state index in [4.69, 9.17) is 79.4 Å². The molecule has 3 saturated carbocycles. The molecule has 5 aromatic carbocycles. The van der Waals surface area contributed by atoms with E-state index in [0.29, 0.717) is 90.8 Å². The maximum Gasteiger partial charge on any atom is 0.267 e. The minimum Gasteiger partial charge on any atom is -0.492 e. The molecule has 0 unspecified atom stereocenters. The number of carbonyl (C=O) groups excluding carboxylic acids is 5. The predicted molar refractivity (Wildman–Crippen MR) is 539 cm³/mol. The summed E-state index contributed by atoms with van der Waals surface area (Å²) in [6, 6.07) is 51.3. The minimum absolute atomic E-state index is 0.000130. The van der Waals surface area contributed by atoms with E-state index in [2.05, 4.69) is 132 Å². The molecule has 3 aliphatic carbocycles. The molecule has 11 N–H and O–H groups in total. The lowest BCUT2D eigenvalue weighted by Gasteiger charge is -2.14. The third-order valence-electron chi connectivity index (χ3n) is 22.8. The van der Waals surface area contributed by atoms with Crippen LogP contribution in [0.5, 0.6) is 5.75 Å². The van der Waals surface area contributed by atoms with Crippen LogP contribution in [0.15, 0.2) is 238 Å². The van der Waals surface area contributed by atoms with E-state index in [1.807, 2.05) is 108 Å². The molecule has 692 valence electrons. The maximum absolute atomic E-state index is 12.0. The molecule has 5 aromatic heterocycles. The number of thioether (sulfide) groups is 4. The van der Waals surface area contributed by atoms with Crippen molar-refractivity contribution in [2.45, 2.75) is 195 Å². The van der Waals surface area contributed by atoms with Crippen LogP contribution in [0, 0.1) is 13.8 Å². The molecule has 18 rings (SSSR count). The smallest absolute Gasteiger partial charge is 0.267 e. The van der Waals surface area contributed by atoms with Gasteiger partial charge in [0.1, 0.15) is 30.9 Å². The van der Waals surface area contributed by atoms with E-state index >= 15 is 0 Å². The second kappa shape index (κ2) is 46.8. The molecular weight excluding hydrogens is 1890 g/mol. The third-order valence-corrected chi connectivity index (χ3v) is 29.6. The highest BCUT2D eigenvalue weighted by Gasteiger charge is 2.30. The van der Waals surface area contributed by atoms with Gasteiger partial charge in [0.05, 0.1) is 11.6 Å². The number of benzene rings is 5. The molecule has 0 spiro atoms. The van der Waals surface area contributed by atoms with Crippen LogP contribution in [-0.4, -0.2) is 125 Å². The maximum atomic E-state index is 12.0. The van der Waals surface area contributed by atoms with Gasteiger partial charge in [-0.05, 0) is 252 Å². The average molecular weight is 1990 g/mol. The molecule has 5 amide bonds. The second-order valence-corrected chi connectivity index (χ2v) is 40.7. The Balaban J connectivity index is 0.000000134. The number of rotatable bonds is 27. The first kappa shape index (κ1) is 98.8. The zero-order valence-corrected chi connectivity index (χ0v) is 80.9. The highest BCUT2D eigenvalue weighted by atomic mass is 35.5. The highest BCUT2D eigenvalue weighted by Crippen LogP contribution is 2.44. The molecule has 5 saturated heterocycles. The quantitative estimate of drug-likeness (QED) is 0.0168. The normalized spacial score (nSPS) is 18.9. The topological polar surface area (TPSA) is 339 Å². The van der Waals surface area contributed by atoms with Crippen LogP contribution in [0.2, 0.25) is 30.1 Å². The zero-order chi connectivity index (χ0) is 93.9. The van der Waals surface area contributed by atoms with E-state index in [1.54, 1.807) is 66.4 Å². The minimum atomic E-state index is -0.388. The van der Waals surface area contributed by atoms with Gasteiger partial charge in [-0.25, -0.2) is 0 Å². The summed E-state index contributed by atoms with van der Waals surface area (Å²) in [4.78, 5) is 137. The van der Waals surface area contributed by atoms with Gasteiger partial charge in [-0.2, -0.15) is 0 Å². The van der Waals surface area contributed by atoms with Crippen molar-refractivity contribution >= 4 is 174 Å². The molecule has 5 atom stereocenters. The molecule has 8 aliphatic rings. The number of hydrogen-bond donors (Lipinski definition) is 11. The number of ether oxygens (including phenoxy) is 1. The number of pyridine rings is 5. The van der Waals surface area contributed by atoms with Crippen molar-refractivity contribution in [1.82, 2.24) is 51.5 Å². The van der Waals surface area contributed by atoms with Gasteiger partial charge in [0.15, 0.2) is 0 Å². The molecule has 0 bridgehead atoms. The number of halogens is 6. The Morgan fingerprint density at radius 2 is 0.654 bits per heavy atom. The lowest BCUT2D eigenvalue weighted by Crippen LogP contribution is -2.23. The van der Waals surface area contributed by atoms with Gasteiger partial charge in [-0.3, -0.25) is 47.9 Å². The van der Waals surface area contributed by atoms with Gasteiger partial charge in [-0.1, -0.05) is 155 Å². The van der Waals surface area contributed by atoms with Crippen molar-refractivity contribution in [3.8, 4) is 5.75 Å². The van der Waals surface area contributed by atoms with E-state index in [-0.39, 0.29) is 119 Å². The molecule has 8 fully saturated rings. The molecule has 10 aromatic rings. The number of aliphatic hydroxyl groups excluding tert-OH is 1. The number of aromatic amines is 5. The number of aromatic nitrogens is 5. The van der Waals surface area contributed by atoms with Gasteiger partial charge >= 0.3 is 0 Å². The summed E-state index contributed by atoms with van der Waals surface area (Å²) in [6.45, 7) is 4.77. The predicted octanol–water partition coefficient (Wildman–Crippen LogP) is 19.6. The Morgan fingerprint density at radius 3 is 0.970 bits per heavy atom. The average Bonchev–Trinajstić information content (AvgIpc) is 1.79. The van der Waals surface area contributed by atoms with Crippen molar-refractivity contribution < 1.29 is 33.8 Å². The van der Waals surface area contributed by atoms with Gasteiger partial charge < -0.3 is 61.3 Å². The molecule has 32 heteroatoms. The van der Waals surface area contributed by atoms with Crippen molar-refractivity contribution in [2.75, 3.05) is 19.5 Å². The van der Waals surface area contributed by atoms with Crippen molar-refractivity contribution in [3.63, 3.8) is 0 Å². The summed E-state index contributed by atoms with van der Waals surface area (Å²) >= 11 is 43.2. The molecular formula is C101H100Cl6N10O12S4. The monoisotopic (exact) mass is 1980 g/mol. The fourth-order valence-corrected chi connectivity index (χ4v) is 20.0. The standard InChI is InChI=1S/C21H22Cl2N2O4.C21H21ClN2O2S.2C20H19ClN2O2S.C19H19ClN2O2S/c22-16-5-6-18(25-21(16)28)15(12-14-4-8-20(27)24-14)13-3-7-19(17(23)11-13)29-10-2-1-9-26;1-12-10-13(2-8-19(12)27-15-4-5-15)16(11-14-3-9-20(25)23-14)18-7-6-17(22)21(26)24-18;21-17-8-9-18(23-20(17)25)16(11-13-3-10-19(24)22-13)12-1-4-14(5-2-12)26-15-6-7-15;21-17-7-8-18(23-20(17)25)16(11-13-4-9-19(24)22-13)12-2-1-3-15(10-12)26-14-5-6-14;1-11-9-12(3-7-17(11)25-2)14(10-13-4-8-18(23)21-13)16-6-5-15(20)19(24)22-16/h3,5-7,11-12,14,26H,1-2,4,8-10H2,(H,24,27)(H,25,28);2,6-8,10-11,14-15H,3-5,9H2,1H3,(H,23,25)(H,24,26);1-2,4-5,8-9,11,13,15H,3,6-7,10H2,(H,22,24)(H,23,25);1-3,7-8,10-11,13-14H,4-6,9H2,(H,22,24)(H,23,25);3,5-7,9-10,13H,4,8H2,1-2H3,(H,21,23)(H,22,24)/b15-12+;3*16-11+;14-10+/t2*14-;3*13-/m11111/s1. The summed E-state index contributed by atoms with van der Waals surface area (Å²) in [6.07, 6.45) is 27.5. The molecule has 0 radical (unpaired) electrons. The Morgan fingerprint density at radius 1 is 0.338 bits per heavy atom. The van der Waals surface area contributed by atoms with Crippen LogP contribution in [0.3, 0.4) is 0 Å². The summed E-state index contributed by atoms with van der Waals surface area (Å²) in [5.74, 6) is 0.789. The molecule has 5 aliphatic heterocycles. The van der Waals surface area contributed by atoms with Crippen molar-refractivity contribution in [3.05, 3.63) is 343 Å². The van der Waals surface area contributed by atoms with Crippen molar-refractivity contribution in [1.29, 1.82) is 0 Å². The summed E-state index contributed by atoms with van der Waals surface area (Å²) in [5.41, 5.74) is 13.3. The first-order valence-corrected chi connectivity index (χ1v) is 50.3. The zero-order valence-electron chi connectivity index (χ0n) is 73.1. The van der Waals surface area contributed by atoms with Crippen LogP contribution in [0.4, 0.5) is 0 Å². The number of aryl methyl sites for hydroxylation is 2. The Hall–Kier alpha value is -10.2. The first-order chi connectivity index (χ1) is 64.1. The van der Waals surface area contributed by atoms with E-state index in [9.17, 15) is 47.9 Å². The summed E-state index contributed by atoms with van der Waals surface area (Å²) in [7, 11) is 0. The number of carbonyl (C=O) groups is 5. The second-order valence-electron chi connectivity index (χ2n) is 33.3. The number of amides is 5. The fourth-order valence-electron chi connectivity index (χ4n) is 15.3. The van der Waals surface area contributed by atoms with Gasteiger partial charge in [0.25, 0.3) is 27.8 Å². The largest absolute Gasteiger partial charge is 0.492 e. The van der Waals surface area contributed by atoms with Gasteiger partial charge in [0.2, 0.25) is 29.5 Å². The number of H-pyrrole nitrogens is 5. The first-order valence-electron chi connectivity index (χ1n) is 44.1. The number of aliphatic hydroxyl groups is 1. The number of hydrogen-bond acceptors (Lipinski definition) is 16. The molecule has 133 heavy (non-hydrogen) atoms. The van der Waals surface area contributed by atoms with E-state index in [0.717, 1.165) is 104 Å². The SMILES string of the molecule is CSc1ccc(/C(=C\[C@H]2CCC(=O)N2)c2ccc(Cl)c(=O)[nH]2)cc1C.Cc1cc(/C(=C\[C@H]2CCC(=O)N2)c2ccc(Cl)c(=O)[nH]2)ccc1SC1CC1.O=C1CC[C@H](/C=C(\c2ccc(OCCCCO)c(Cl)c2)c2ccc(Cl)c(=O)[nH]2)N1.O=C1CC[C@H](/C=C(\c2ccc(SC3CC3)cc2)c2ccc(Cl)c(=O)[nH]2)N1.O=C1CC[C@H](/C=C(\c2cccc(SC3CC3)c2)c2ccc(Cl)c(=O)[nH]2)N1. The van der Waals surface area contributed by atoms with Crippen LogP contribution in [-0.2, 0) is 24.0 Å². The Labute approximate surface area is 816 Å². The third kappa shape index (κ3) is 28.5. The fraction of sp³-hybridized carbons (Fsp3) is 0.307. The van der Waals surface area contributed by atoms with E-state index < -0.39 is 0 Å². The highest BCUT2D eigenvalue weighted by molar-refractivity contribution is 8.00. The number of unbranched alkanes of at least 4 members (excludes halogenated alkanes) is 1.